The van der Waals surface area contributed by atoms with Gasteiger partial charge in [0.2, 0.25) is 0 Å². The van der Waals surface area contributed by atoms with E-state index in [1.165, 1.54) is 5.56 Å². The maximum Gasteiger partial charge on any atom is 0.262 e. The minimum absolute atomic E-state index is 0.0430. The topological polar surface area (TPSA) is 85.9 Å². The third-order valence-electron chi connectivity index (χ3n) is 5.62. The summed E-state index contributed by atoms with van der Waals surface area (Å²) >= 11 is 0. The minimum Gasteiger partial charge on any atom is -0.497 e. The van der Waals surface area contributed by atoms with Crippen molar-refractivity contribution in [1.82, 2.24) is 5.32 Å². The SMILES string of the molecule is COc1ccc(C2(CNC(=O)c3ccc4c(c3)OCC(=O)N4)CCOCC2)cc1. The highest BCUT2D eigenvalue weighted by Crippen LogP contribution is 2.35. The molecule has 2 aromatic rings. The van der Waals surface area contributed by atoms with E-state index in [-0.39, 0.29) is 23.8 Å². The highest BCUT2D eigenvalue weighted by molar-refractivity contribution is 5.99. The van der Waals surface area contributed by atoms with Gasteiger partial charge in [-0.3, -0.25) is 9.59 Å². The minimum atomic E-state index is -0.198. The summed E-state index contributed by atoms with van der Waals surface area (Å²) in [6.07, 6.45) is 1.66. The van der Waals surface area contributed by atoms with Crippen molar-refractivity contribution in [3.63, 3.8) is 0 Å². The number of carbonyl (C=O) groups is 2. The molecule has 0 unspecified atom stereocenters. The number of hydrogen-bond acceptors (Lipinski definition) is 5. The molecule has 1 saturated heterocycles. The van der Waals surface area contributed by atoms with Gasteiger partial charge in [-0.15, -0.1) is 0 Å². The van der Waals surface area contributed by atoms with Gasteiger partial charge in [0.15, 0.2) is 6.61 Å². The van der Waals surface area contributed by atoms with E-state index >= 15 is 0 Å². The molecular weight excluding hydrogens is 372 g/mol. The van der Waals surface area contributed by atoms with E-state index < -0.39 is 0 Å². The number of benzene rings is 2. The molecule has 2 heterocycles. The van der Waals surface area contributed by atoms with Crippen LogP contribution in [0, 0.1) is 0 Å². The lowest BCUT2D eigenvalue weighted by Gasteiger charge is -2.38. The van der Waals surface area contributed by atoms with Gasteiger partial charge >= 0.3 is 0 Å². The molecule has 0 bridgehead atoms. The summed E-state index contributed by atoms with van der Waals surface area (Å²) < 4.78 is 16.2. The highest BCUT2D eigenvalue weighted by Gasteiger charge is 2.35. The van der Waals surface area contributed by atoms with Crippen LogP contribution >= 0.6 is 0 Å². The second-order valence-corrected chi connectivity index (χ2v) is 7.35. The van der Waals surface area contributed by atoms with Gasteiger partial charge in [-0.1, -0.05) is 12.1 Å². The van der Waals surface area contributed by atoms with Gasteiger partial charge in [-0.05, 0) is 48.7 Å². The summed E-state index contributed by atoms with van der Waals surface area (Å²) in [5.74, 6) is 0.942. The zero-order valence-corrected chi connectivity index (χ0v) is 16.3. The molecule has 0 aliphatic carbocycles. The van der Waals surface area contributed by atoms with Crippen molar-refractivity contribution in [3.05, 3.63) is 53.6 Å². The second kappa shape index (κ2) is 8.13. The van der Waals surface area contributed by atoms with Crippen LogP contribution in [0.4, 0.5) is 5.69 Å². The molecule has 4 rings (SSSR count). The molecule has 7 nitrogen and oxygen atoms in total. The van der Waals surface area contributed by atoms with E-state index in [4.69, 9.17) is 14.2 Å². The Morgan fingerprint density at radius 2 is 1.93 bits per heavy atom. The van der Waals surface area contributed by atoms with Gasteiger partial charge < -0.3 is 24.8 Å². The molecule has 152 valence electrons. The highest BCUT2D eigenvalue weighted by atomic mass is 16.5. The van der Waals surface area contributed by atoms with Crippen LogP contribution in [-0.2, 0) is 14.9 Å². The standard InChI is InChI=1S/C22H24N2O5/c1-27-17-5-3-16(4-6-17)22(8-10-28-11-9-22)14-23-21(26)15-2-7-18-19(12-15)29-13-20(25)24-18/h2-7,12H,8-11,13-14H2,1H3,(H,23,26)(H,24,25). The Kier molecular flexibility index (Phi) is 5.40. The number of anilines is 1. The Labute approximate surface area is 169 Å². The summed E-state index contributed by atoms with van der Waals surface area (Å²) in [5.41, 5.74) is 2.06. The number of rotatable bonds is 5. The van der Waals surface area contributed by atoms with Gasteiger partial charge in [-0.25, -0.2) is 0 Å². The first-order chi connectivity index (χ1) is 14.1. The quantitative estimate of drug-likeness (QED) is 0.811. The molecule has 7 heteroatoms. The molecule has 2 aliphatic rings. The van der Waals surface area contributed by atoms with Gasteiger partial charge in [0, 0.05) is 30.7 Å². The fraction of sp³-hybridized carbons (Fsp3) is 0.364. The Balaban J connectivity index is 1.50. The van der Waals surface area contributed by atoms with Gasteiger partial charge in [-0.2, -0.15) is 0 Å². The van der Waals surface area contributed by atoms with Crippen LogP contribution in [0.3, 0.4) is 0 Å². The Morgan fingerprint density at radius 3 is 2.66 bits per heavy atom. The maximum absolute atomic E-state index is 12.8. The van der Waals surface area contributed by atoms with E-state index in [1.807, 2.05) is 12.1 Å². The van der Waals surface area contributed by atoms with Crippen LogP contribution in [0.1, 0.15) is 28.8 Å². The largest absolute Gasteiger partial charge is 0.497 e. The zero-order valence-electron chi connectivity index (χ0n) is 16.3. The van der Waals surface area contributed by atoms with Crippen molar-refractivity contribution in [3.8, 4) is 11.5 Å². The fourth-order valence-electron chi connectivity index (χ4n) is 3.84. The molecule has 1 fully saturated rings. The van der Waals surface area contributed by atoms with E-state index in [0.717, 1.165) is 18.6 Å². The molecule has 0 radical (unpaired) electrons. The van der Waals surface area contributed by atoms with E-state index in [9.17, 15) is 9.59 Å². The van der Waals surface area contributed by atoms with Crippen LogP contribution in [0.25, 0.3) is 0 Å². The van der Waals surface area contributed by atoms with Gasteiger partial charge in [0.05, 0.1) is 12.8 Å². The van der Waals surface area contributed by atoms with Gasteiger partial charge in [0.25, 0.3) is 11.8 Å². The molecule has 0 aromatic heterocycles. The van der Waals surface area contributed by atoms with Crippen molar-refractivity contribution < 1.29 is 23.8 Å². The average Bonchev–Trinajstić information content (AvgIpc) is 2.77. The predicted octanol–water partition coefficient (Wildman–Crippen LogP) is 2.50. The van der Waals surface area contributed by atoms with Crippen LogP contribution in [0.5, 0.6) is 11.5 Å². The number of fused-ring (bicyclic) bond motifs is 1. The smallest absolute Gasteiger partial charge is 0.262 e. The Morgan fingerprint density at radius 1 is 1.17 bits per heavy atom. The van der Waals surface area contributed by atoms with Crippen molar-refractivity contribution >= 4 is 17.5 Å². The lowest BCUT2D eigenvalue weighted by Crippen LogP contribution is -2.44. The first-order valence-electron chi connectivity index (χ1n) is 9.67. The summed E-state index contributed by atoms with van der Waals surface area (Å²) in [4.78, 5) is 24.2. The number of nitrogens with one attached hydrogen (secondary N) is 2. The number of methoxy groups -OCH3 is 1. The predicted molar refractivity (Wildman–Crippen MR) is 108 cm³/mol. The van der Waals surface area contributed by atoms with Crippen LogP contribution in [0.15, 0.2) is 42.5 Å². The Bertz CT molecular complexity index is 904. The molecule has 2 aliphatic heterocycles. The molecular formula is C22H24N2O5. The lowest BCUT2D eigenvalue weighted by atomic mass is 9.74. The van der Waals surface area contributed by atoms with Crippen molar-refractivity contribution in [1.29, 1.82) is 0 Å². The molecule has 2 aromatic carbocycles. The van der Waals surface area contributed by atoms with E-state index in [2.05, 4.69) is 22.8 Å². The maximum atomic E-state index is 12.8. The second-order valence-electron chi connectivity index (χ2n) is 7.35. The number of ether oxygens (including phenoxy) is 3. The molecule has 0 atom stereocenters. The first-order valence-corrected chi connectivity index (χ1v) is 9.67. The van der Waals surface area contributed by atoms with Crippen molar-refractivity contribution in [2.75, 3.05) is 38.8 Å². The van der Waals surface area contributed by atoms with Gasteiger partial charge in [0.1, 0.15) is 11.5 Å². The molecule has 2 amide bonds. The van der Waals surface area contributed by atoms with Crippen LogP contribution < -0.4 is 20.1 Å². The number of amides is 2. The third-order valence-corrected chi connectivity index (χ3v) is 5.62. The molecule has 0 saturated carbocycles. The average molecular weight is 396 g/mol. The van der Waals surface area contributed by atoms with Crippen LogP contribution in [0.2, 0.25) is 0 Å². The molecule has 2 N–H and O–H groups in total. The first kappa shape index (κ1) is 19.3. The lowest BCUT2D eigenvalue weighted by molar-refractivity contribution is -0.118. The summed E-state index contributed by atoms with van der Waals surface area (Å²) in [6, 6.07) is 13.1. The monoisotopic (exact) mass is 396 g/mol. The molecule has 29 heavy (non-hydrogen) atoms. The Hall–Kier alpha value is -3.06. The van der Waals surface area contributed by atoms with Crippen LogP contribution in [-0.4, -0.2) is 45.3 Å². The van der Waals surface area contributed by atoms with Crippen molar-refractivity contribution in [2.24, 2.45) is 0 Å². The number of carbonyl (C=O) groups excluding carboxylic acids is 2. The van der Waals surface area contributed by atoms with Crippen molar-refractivity contribution in [2.45, 2.75) is 18.3 Å². The normalized spacial score (nSPS) is 17.5. The third kappa shape index (κ3) is 4.05. The zero-order chi connectivity index (χ0) is 20.3. The van der Waals surface area contributed by atoms with E-state index in [1.54, 1.807) is 25.3 Å². The summed E-state index contributed by atoms with van der Waals surface area (Å²) in [5, 5.41) is 5.81. The summed E-state index contributed by atoms with van der Waals surface area (Å²) in [6.45, 7) is 1.79. The summed E-state index contributed by atoms with van der Waals surface area (Å²) in [7, 11) is 1.65. The van der Waals surface area contributed by atoms with E-state index in [0.29, 0.717) is 36.8 Å². The number of hydrogen-bond donors (Lipinski definition) is 2. The fourth-order valence-corrected chi connectivity index (χ4v) is 3.84. The molecule has 0 spiro atoms.